The van der Waals surface area contributed by atoms with Gasteiger partial charge in [-0.05, 0) is 12.8 Å². The van der Waals surface area contributed by atoms with E-state index < -0.39 is 5.97 Å². The van der Waals surface area contributed by atoms with E-state index >= 15 is 0 Å². The quantitative estimate of drug-likeness (QED) is 0.687. The van der Waals surface area contributed by atoms with Gasteiger partial charge in [0.05, 0.1) is 5.92 Å². The summed E-state index contributed by atoms with van der Waals surface area (Å²) in [6, 6.07) is -0.165. The van der Waals surface area contributed by atoms with Crippen molar-refractivity contribution in [3.05, 3.63) is 0 Å². The topological polar surface area (TPSA) is 63.3 Å². The molecule has 0 aromatic rings. The maximum atomic E-state index is 11.2. The number of carboxylic acids is 1. The first-order chi connectivity index (χ1) is 7.92. The van der Waals surface area contributed by atoms with Crippen LogP contribution in [0.4, 0.5) is 0 Å². The molecule has 1 aliphatic carbocycles. The van der Waals surface area contributed by atoms with Gasteiger partial charge in [-0.3, -0.25) is 4.79 Å². The lowest BCUT2D eigenvalue weighted by Gasteiger charge is -2.27. The van der Waals surface area contributed by atoms with Crippen LogP contribution in [0.5, 0.6) is 0 Å². The maximum Gasteiger partial charge on any atom is 0.308 e. The predicted molar refractivity (Wildman–Crippen MR) is 72.9 cm³/mol. The molecule has 3 atom stereocenters. The first-order valence-electron chi connectivity index (χ1n) is 6.91. The second-order valence-electron chi connectivity index (χ2n) is 6.26. The van der Waals surface area contributed by atoms with Gasteiger partial charge in [-0.15, -0.1) is 0 Å². The Bertz CT molecular complexity index is 256. The van der Waals surface area contributed by atoms with Crippen LogP contribution in [0.2, 0.25) is 5.31 Å². The van der Waals surface area contributed by atoms with Crippen LogP contribution in [-0.4, -0.2) is 25.0 Å². The Labute approximate surface area is 106 Å². The van der Waals surface area contributed by atoms with Crippen molar-refractivity contribution in [2.75, 3.05) is 0 Å². The summed E-state index contributed by atoms with van der Waals surface area (Å²) in [7, 11) is 2.25. The lowest BCUT2D eigenvalue weighted by molar-refractivity contribution is -0.142. The van der Waals surface area contributed by atoms with Crippen molar-refractivity contribution in [1.29, 1.82) is 0 Å². The summed E-state index contributed by atoms with van der Waals surface area (Å²) in [6.07, 6.45) is 8.54. The van der Waals surface area contributed by atoms with Gasteiger partial charge in [-0.25, -0.2) is 0 Å². The summed E-state index contributed by atoms with van der Waals surface area (Å²) in [4.78, 5) is 11.2. The summed E-state index contributed by atoms with van der Waals surface area (Å²) in [5.41, 5.74) is 6.03. The van der Waals surface area contributed by atoms with Crippen molar-refractivity contribution < 1.29 is 9.90 Å². The molecule has 0 aromatic heterocycles. The molecule has 1 saturated carbocycles. The molecule has 4 heteroatoms. The molecular formula is C13H26BNO2. The molecule has 3 nitrogen and oxygen atoms in total. The van der Waals surface area contributed by atoms with Crippen LogP contribution in [0.15, 0.2) is 0 Å². The van der Waals surface area contributed by atoms with E-state index in [9.17, 15) is 9.90 Å². The summed E-state index contributed by atoms with van der Waals surface area (Å²) in [5.74, 6) is -1.07. The van der Waals surface area contributed by atoms with E-state index in [2.05, 4.69) is 14.8 Å². The van der Waals surface area contributed by atoms with Gasteiger partial charge in [0.2, 0.25) is 0 Å². The first kappa shape index (κ1) is 14.6. The summed E-state index contributed by atoms with van der Waals surface area (Å²) < 4.78 is 0. The van der Waals surface area contributed by atoms with Crippen molar-refractivity contribution in [2.45, 2.75) is 69.6 Å². The smallest absolute Gasteiger partial charge is 0.308 e. The molecule has 0 bridgehead atoms. The van der Waals surface area contributed by atoms with E-state index in [1.165, 1.54) is 25.7 Å². The minimum Gasteiger partial charge on any atom is -0.481 e. The largest absolute Gasteiger partial charge is 0.481 e. The average molecular weight is 239 g/mol. The molecule has 3 unspecified atom stereocenters. The third kappa shape index (κ3) is 5.11. The lowest BCUT2D eigenvalue weighted by atomic mass is 9.63. The third-order valence-electron chi connectivity index (χ3n) is 4.11. The van der Waals surface area contributed by atoms with E-state index in [-0.39, 0.29) is 17.3 Å². The fourth-order valence-electron chi connectivity index (χ4n) is 2.73. The Kier molecular flexibility index (Phi) is 5.51. The highest BCUT2D eigenvalue weighted by molar-refractivity contribution is 6.14. The van der Waals surface area contributed by atoms with Crippen LogP contribution >= 0.6 is 0 Å². The van der Waals surface area contributed by atoms with Gasteiger partial charge in [0.15, 0.2) is 0 Å². The van der Waals surface area contributed by atoms with Crippen LogP contribution in [0.3, 0.4) is 0 Å². The number of aliphatic carboxylic acids is 1. The molecule has 0 heterocycles. The predicted octanol–water partition coefficient (Wildman–Crippen LogP) is 1.96. The van der Waals surface area contributed by atoms with Crippen LogP contribution in [0, 0.1) is 5.92 Å². The Hall–Kier alpha value is -0.505. The molecule has 17 heavy (non-hydrogen) atoms. The Balaban J connectivity index is 2.66. The highest BCUT2D eigenvalue weighted by atomic mass is 16.4. The second kappa shape index (κ2) is 6.43. The zero-order valence-electron chi connectivity index (χ0n) is 11.2. The molecule has 0 amide bonds. The van der Waals surface area contributed by atoms with Gasteiger partial charge in [-0.1, -0.05) is 50.8 Å². The molecule has 0 radical (unpaired) electrons. The van der Waals surface area contributed by atoms with Crippen molar-refractivity contribution in [1.82, 2.24) is 0 Å². The molecule has 1 fully saturated rings. The molecule has 0 spiro atoms. The van der Waals surface area contributed by atoms with Gasteiger partial charge in [0.1, 0.15) is 7.85 Å². The van der Waals surface area contributed by atoms with Gasteiger partial charge in [0, 0.05) is 6.04 Å². The second-order valence-corrected chi connectivity index (χ2v) is 6.26. The highest BCUT2D eigenvalue weighted by Gasteiger charge is 2.28. The van der Waals surface area contributed by atoms with Crippen LogP contribution < -0.4 is 5.73 Å². The van der Waals surface area contributed by atoms with Gasteiger partial charge in [0.25, 0.3) is 0 Å². The Morgan fingerprint density at radius 1 is 1.24 bits per heavy atom. The number of carboxylic acid groups (broad SMARTS) is 1. The number of hydrogen-bond donors (Lipinski definition) is 2. The molecule has 0 aromatic carbocycles. The Morgan fingerprint density at radius 3 is 2.53 bits per heavy atom. The van der Waals surface area contributed by atoms with E-state index in [0.717, 1.165) is 25.7 Å². The van der Waals surface area contributed by atoms with Crippen LogP contribution in [-0.2, 0) is 4.79 Å². The summed E-state index contributed by atoms with van der Waals surface area (Å²) in [5, 5.41) is 9.51. The van der Waals surface area contributed by atoms with E-state index in [4.69, 9.17) is 5.73 Å². The number of rotatable bonds is 1. The summed E-state index contributed by atoms with van der Waals surface area (Å²) >= 11 is 0. The SMILES string of the molecule is BC1(C)CCCCCCC(N)C(C(=O)O)CC1. The first-order valence-corrected chi connectivity index (χ1v) is 6.91. The zero-order valence-corrected chi connectivity index (χ0v) is 11.2. The van der Waals surface area contributed by atoms with Gasteiger partial charge < -0.3 is 10.8 Å². The number of hydrogen-bond acceptors (Lipinski definition) is 2. The molecule has 1 rings (SSSR count). The van der Waals surface area contributed by atoms with E-state index in [0.29, 0.717) is 0 Å². The third-order valence-corrected chi connectivity index (χ3v) is 4.11. The molecule has 1 aliphatic rings. The van der Waals surface area contributed by atoms with Crippen molar-refractivity contribution in [3.8, 4) is 0 Å². The lowest BCUT2D eigenvalue weighted by Crippen LogP contribution is -2.36. The number of nitrogens with two attached hydrogens (primary N) is 1. The van der Waals surface area contributed by atoms with E-state index in [1.54, 1.807) is 0 Å². The monoisotopic (exact) mass is 239 g/mol. The highest BCUT2D eigenvalue weighted by Crippen LogP contribution is 2.36. The van der Waals surface area contributed by atoms with Gasteiger partial charge in [-0.2, -0.15) is 0 Å². The normalized spacial score (nSPS) is 37.1. The Morgan fingerprint density at radius 2 is 1.88 bits per heavy atom. The van der Waals surface area contributed by atoms with Crippen LogP contribution in [0.1, 0.15) is 58.3 Å². The van der Waals surface area contributed by atoms with Crippen molar-refractivity contribution >= 4 is 13.8 Å². The fraction of sp³-hybridized carbons (Fsp3) is 0.923. The molecule has 3 N–H and O–H groups in total. The molecule has 0 aliphatic heterocycles. The summed E-state index contributed by atoms with van der Waals surface area (Å²) in [6.45, 7) is 2.25. The molecular weight excluding hydrogens is 213 g/mol. The van der Waals surface area contributed by atoms with Crippen molar-refractivity contribution in [3.63, 3.8) is 0 Å². The minimum absolute atomic E-state index is 0.165. The fourth-order valence-corrected chi connectivity index (χ4v) is 2.73. The van der Waals surface area contributed by atoms with E-state index in [1.807, 2.05) is 0 Å². The van der Waals surface area contributed by atoms with Crippen molar-refractivity contribution in [2.24, 2.45) is 11.7 Å². The standard InChI is InChI=1S/C13H26BNO2/c1-13(14)8-5-3-2-4-6-11(15)10(7-9-13)12(16)17/h10-11H,2-9,14-15H2,1H3,(H,16,17). The molecule has 98 valence electrons. The molecule has 0 saturated heterocycles. The zero-order chi connectivity index (χ0) is 12.9. The number of carbonyl (C=O) groups is 1. The van der Waals surface area contributed by atoms with Crippen LogP contribution in [0.25, 0.3) is 0 Å². The van der Waals surface area contributed by atoms with Gasteiger partial charge >= 0.3 is 5.97 Å². The minimum atomic E-state index is -0.715. The maximum absolute atomic E-state index is 11.2. The average Bonchev–Trinajstić information content (AvgIpc) is 2.24.